The molecule has 2 heterocycles. The van der Waals surface area contributed by atoms with Crippen molar-refractivity contribution in [3.05, 3.63) is 39.2 Å². The summed E-state index contributed by atoms with van der Waals surface area (Å²) < 4.78 is 0. The van der Waals surface area contributed by atoms with E-state index in [4.69, 9.17) is 5.73 Å². The first-order chi connectivity index (χ1) is 10.2. The standard InChI is InChI=1S/C16H24N4S/c1-4-13-14(10-17)16(19-18-15(13)5-2)20(6-3)11-12-8-7-9-21-12/h7-9H,4-6,10-11,17H2,1-3H3. The SMILES string of the molecule is CCc1nnc(N(CC)Cc2cccs2)c(CN)c1CC. The van der Waals surface area contributed by atoms with Gasteiger partial charge in [0.2, 0.25) is 0 Å². The smallest absolute Gasteiger partial charge is 0.156 e. The molecule has 2 aromatic rings. The largest absolute Gasteiger partial charge is 0.350 e. The Morgan fingerprint density at radius 3 is 2.48 bits per heavy atom. The van der Waals surface area contributed by atoms with Gasteiger partial charge in [0, 0.05) is 23.5 Å². The number of rotatable bonds is 7. The number of thiophene rings is 1. The summed E-state index contributed by atoms with van der Waals surface area (Å²) >= 11 is 1.77. The topological polar surface area (TPSA) is 55.0 Å². The van der Waals surface area contributed by atoms with Gasteiger partial charge in [-0.1, -0.05) is 19.9 Å². The first-order valence-corrected chi connectivity index (χ1v) is 8.47. The molecule has 21 heavy (non-hydrogen) atoms. The van der Waals surface area contributed by atoms with Crippen LogP contribution in [-0.2, 0) is 25.9 Å². The van der Waals surface area contributed by atoms with Crippen LogP contribution in [0.4, 0.5) is 5.82 Å². The van der Waals surface area contributed by atoms with Gasteiger partial charge in [-0.2, -0.15) is 5.10 Å². The van der Waals surface area contributed by atoms with Gasteiger partial charge in [0.15, 0.2) is 5.82 Å². The van der Waals surface area contributed by atoms with E-state index in [0.29, 0.717) is 6.54 Å². The van der Waals surface area contributed by atoms with Crippen molar-refractivity contribution < 1.29 is 0 Å². The fourth-order valence-electron chi connectivity index (χ4n) is 2.63. The lowest BCUT2D eigenvalue weighted by atomic mass is 10.0. The molecule has 5 heteroatoms. The van der Waals surface area contributed by atoms with Crippen LogP contribution in [0, 0.1) is 0 Å². The second kappa shape index (κ2) is 7.52. The highest BCUT2D eigenvalue weighted by atomic mass is 32.1. The number of nitrogens with zero attached hydrogens (tertiary/aromatic N) is 3. The third-order valence-electron chi connectivity index (χ3n) is 3.75. The van der Waals surface area contributed by atoms with E-state index in [9.17, 15) is 0 Å². The Morgan fingerprint density at radius 1 is 1.14 bits per heavy atom. The van der Waals surface area contributed by atoms with Crippen molar-refractivity contribution in [2.24, 2.45) is 5.73 Å². The van der Waals surface area contributed by atoms with Crippen LogP contribution in [0.3, 0.4) is 0 Å². The van der Waals surface area contributed by atoms with Crippen LogP contribution in [0.5, 0.6) is 0 Å². The fraction of sp³-hybridized carbons (Fsp3) is 0.500. The quantitative estimate of drug-likeness (QED) is 0.854. The first-order valence-electron chi connectivity index (χ1n) is 7.59. The van der Waals surface area contributed by atoms with Crippen LogP contribution in [0.25, 0.3) is 0 Å². The molecule has 0 bridgehead atoms. The van der Waals surface area contributed by atoms with Crippen molar-refractivity contribution in [3.63, 3.8) is 0 Å². The average molecular weight is 304 g/mol. The molecule has 0 aliphatic rings. The van der Waals surface area contributed by atoms with E-state index in [0.717, 1.165) is 43.0 Å². The molecule has 0 saturated heterocycles. The summed E-state index contributed by atoms with van der Waals surface area (Å²) in [6, 6.07) is 4.24. The highest BCUT2D eigenvalue weighted by molar-refractivity contribution is 7.09. The normalized spacial score (nSPS) is 10.9. The summed E-state index contributed by atoms with van der Waals surface area (Å²) in [6.45, 7) is 8.70. The third kappa shape index (κ3) is 3.41. The van der Waals surface area contributed by atoms with Gasteiger partial charge in [0.1, 0.15) is 0 Å². The van der Waals surface area contributed by atoms with E-state index < -0.39 is 0 Å². The van der Waals surface area contributed by atoms with E-state index in [-0.39, 0.29) is 0 Å². The van der Waals surface area contributed by atoms with E-state index in [1.807, 2.05) is 0 Å². The third-order valence-corrected chi connectivity index (χ3v) is 4.61. The van der Waals surface area contributed by atoms with E-state index in [1.165, 1.54) is 10.4 Å². The Labute approximate surface area is 131 Å². The highest BCUT2D eigenvalue weighted by Crippen LogP contribution is 2.25. The number of aryl methyl sites for hydroxylation is 1. The van der Waals surface area contributed by atoms with E-state index >= 15 is 0 Å². The molecule has 2 N–H and O–H groups in total. The van der Waals surface area contributed by atoms with Gasteiger partial charge in [0.25, 0.3) is 0 Å². The Balaban J connectivity index is 2.40. The summed E-state index contributed by atoms with van der Waals surface area (Å²) in [4.78, 5) is 3.60. The minimum Gasteiger partial charge on any atom is -0.350 e. The molecule has 0 saturated carbocycles. The maximum atomic E-state index is 6.02. The fourth-order valence-corrected chi connectivity index (χ4v) is 3.35. The minimum atomic E-state index is 0.516. The first kappa shape index (κ1) is 15.9. The Kier molecular flexibility index (Phi) is 5.70. The number of aromatic nitrogens is 2. The monoisotopic (exact) mass is 304 g/mol. The molecule has 2 rings (SSSR count). The van der Waals surface area contributed by atoms with Gasteiger partial charge in [0.05, 0.1) is 12.2 Å². The Hall–Kier alpha value is -1.46. The Bertz CT molecular complexity index is 566. The van der Waals surface area contributed by atoms with Crippen LogP contribution < -0.4 is 10.6 Å². The zero-order valence-corrected chi connectivity index (χ0v) is 13.9. The predicted octanol–water partition coefficient (Wildman–Crippen LogP) is 3.15. The lowest BCUT2D eigenvalue weighted by Crippen LogP contribution is -2.26. The molecule has 0 atom stereocenters. The van der Waals surface area contributed by atoms with Gasteiger partial charge in [-0.3, -0.25) is 0 Å². The Morgan fingerprint density at radius 2 is 1.95 bits per heavy atom. The maximum Gasteiger partial charge on any atom is 0.156 e. The van der Waals surface area contributed by atoms with E-state index in [2.05, 4.69) is 53.4 Å². The van der Waals surface area contributed by atoms with Crippen LogP contribution in [0.15, 0.2) is 17.5 Å². The lowest BCUT2D eigenvalue weighted by molar-refractivity contribution is 0.762. The molecule has 0 unspecified atom stereocenters. The molecular weight excluding hydrogens is 280 g/mol. The second-order valence-electron chi connectivity index (χ2n) is 4.93. The summed E-state index contributed by atoms with van der Waals surface area (Å²) in [6.07, 6.45) is 1.86. The van der Waals surface area contributed by atoms with Gasteiger partial charge in [-0.15, -0.1) is 16.4 Å². The average Bonchev–Trinajstić information content (AvgIpc) is 3.04. The summed E-state index contributed by atoms with van der Waals surface area (Å²) in [5, 5.41) is 11.0. The molecule has 0 amide bonds. The van der Waals surface area contributed by atoms with Gasteiger partial charge in [-0.25, -0.2) is 0 Å². The van der Waals surface area contributed by atoms with Crippen molar-refractivity contribution >= 4 is 17.2 Å². The second-order valence-corrected chi connectivity index (χ2v) is 5.96. The minimum absolute atomic E-state index is 0.516. The number of nitrogens with two attached hydrogens (primary N) is 1. The molecule has 2 aromatic heterocycles. The summed E-state index contributed by atoms with van der Waals surface area (Å²) in [5.41, 5.74) is 9.53. The van der Waals surface area contributed by atoms with Gasteiger partial charge >= 0.3 is 0 Å². The van der Waals surface area contributed by atoms with Crippen LogP contribution in [0.2, 0.25) is 0 Å². The number of hydrogen-bond donors (Lipinski definition) is 1. The molecule has 114 valence electrons. The zero-order valence-electron chi connectivity index (χ0n) is 13.1. The molecule has 4 nitrogen and oxygen atoms in total. The van der Waals surface area contributed by atoms with Crippen molar-refractivity contribution in [1.29, 1.82) is 0 Å². The van der Waals surface area contributed by atoms with E-state index in [1.54, 1.807) is 11.3 Å². The van der Waals surface area contributed by atoms with Crippen molar-refractivity contribution in [3.8, 4) is 0 Å². The van der Waals surface area contributed by atoms with Crippen LogP contribution in [0.1, 0.15) is 42.5 Å². The van der Waals surface area contributed by atoms with Crippen molar-refractivity contribution in [2.45, 2.75) is 46.7 Å². The van der Waals surface area contributed by atoms with Crippen LogP contribution in [-0.4, -0.2) is 16.7 Å². The molecule has 0 spiro atoms. The van der Waals surface area contributed by atoms with Crippen molar-refractivity contribution in [1.82, 2.24) is 10.2 Å². The maximum absolute atomic E-state index is 6.02. The predicted molar refractivity (Wildman–Crippen MR) is 89.7 cm³/mol. The van der Waals surface area contributed by atoms with Gasteiger partial charge in [-0.05, 0) is 36.8 Å². The molecule has 0 radical (unpaired) electrons. The molecular formula is C16H24N4S. The molecule has 0 aliphatic heterocycles. The number of anilines is 1. The summed E-state index contributed by atoms with van der Waals surface area (Å²) in [7, 11) is 0. The molecule has 0 aliphatic carbocycles. The lowest BCUT2D eigenvalue weighted by Gasteiger charge is -2.25. The number of hydrogen-bond acceptors (Lipinski definition) is 5. The molecule has 0 fully saturated rings. The zero-order chi connectivity index (χ0) is 15.2. The molecule has 0 aromatic carbocycles. The van der Waals surface area contributed by atoms with Crippen molar-refractivity contribution in [2.75, 3.05) is 11.4 Å². The summed E-state index contributed by atoms with van der Waals surface area (Å²) in [5.74, 6) is 0.947. The highest BCUT2D eigenvalue weighted by Gasteiger charge is 2.18. The van der Waals surface area contributed by atoms with Gasteiger partial charge < -0.3 is 10.6 Å². The van der Waals surface area contributed by atoms with Crippen LogP contribution >= 0.6 is 11.3 Å².